The van der Waals surface area contributed by atoms with Crippen molar-refractivity contribution in [2.45, 2.75) is 45.9 Å². The van der Waals surface area contributed by atoms with Gasteiger partial charge in [0.2, 0.25) is 0 Å². The fraction of sp³-hybridized carbons (Fsp3) is 0.368. The predicted octanol–water partition coefficient (Wildman–Crippen LogP) is 4.18. The van der Waals surface area contributed by atoms with Crippen LogP contribution in [0.4, 0.5) is 0 Å². The molecule has 0 radical (unpaired) electrons. The first-order valence-electron chi connectivity index (χ1n) is 7.74. The quantitative estimate of drug-likeness (QED) is 0.908. The molecule has 0 amide bonds. The molecule has 0 spiro atoms. The first-order chi connectivity index (χ1) is 10.1. The molecule has 1 aliphatic rings. The summed E-state index contributed by atoms with van der Waals surface area (Å²) in [6, 6.07) is 15.8. The topological polar surface area (TPSA) is 21.3 Å². The Labute approximate surface area is 127 Å². The van der Waals surface area contributed by atoms with E-state index in [2.05, 4.69) is 68.6 Å². The number of hydrogen-bond acceptors (Lipinski definition) is 2. The Morgan fingerprint density at radius 1 is 1.14 bits per heavy atom. The second kappa shape index (κ2) is 5.90. The van der Waals surface area contributed by atoms with E-state index in [1.165, 1.54) is 22.3 Å². The molecule has 3 rings (SSSR count). The van der Waals surface area contributed by atoms with Crippen LogP contribution in [0.5, 0.6) is 5.75 Å². The van der Waals surface area contributed by atoms with Crippen molar-refractivity contribution >= 4 is 0 Å². The van der Waals surface area contributed by atoms with Crippen LogP contribution in [0, 0.1) is 0 Å². The highest BCUT2D eigenvalue weighted by molar-refractivity contribution is 5.66. The summed E-state index contributed by atoms with van der Waals surface area (Å²) < 4.78 is 5.78. The molecule has 0 saturated carbocycles. The number of fused-ring (bicyclic) bond motifs is 1. The van der Waals surface area contributed by atoms with Crippen molar-refractivity contribution in [3.63, 3.8) is 0 Å². The van der Waals surface area contributed by atoms with Crippen LogP contribution in [0.15, 0.2) is 42.5 Å². The van der Waals surface area contributed by atoms with Gasteiger partial charge in [-0.25, -0.2) is 0 Å². The summed E-state index contributed by atoms with van der Waals surface area (Å²) in [5.74, 6) is 1.05. The summed E-state index contributed by atoms with van der Waals surface area (Å²) in [4.78, 5) is 0. The minimum absolute atomic E-state index is 0.303. The molecule has 0 aromatic heterocycles. The van der Waals surface area contributed by atoms with E-state index in [4.69, 9.17) is 4.74 Å². The predicted molar refractivity (Wildman–Crippen MR) is 87.6 cm³/mol. The fourth-order valence-electron chi connectivity index (χ4n) is 2.78. The van der Waals surface area contributed by atoms with Crippen molar-refractivity contribution in [2.24, 2.45) is 0 Å². The molecule has 1 atom stereocenters. The van der Waals surface area contributed by atoms with E-state index in [9.17, 15) is 0 Å². The third-order valence-corrected chi connectivity index (χ3v) is 3.87. The van der Waals surface area contributed by atoms with Gasteiger partial charge in [0.15, 0.2) is 0 Å². The van der Waals surface area contributed by atoms with Crippen LogP contribution >= 0.6 is 0 Å². The van der Waals surface area contributed by atoms with E-state index >= 15 is 0 Å². The first kappa shape index (κ1) is 14.2. The SMILES string of the molecule is CC(C)NCc1cccc(-c2ccc3c(c2)CC(C)O3)c1. The summed E-state index contributed by atoms with van der Waals surface area (Å²) >= 11 is 0. The molecule has 0 bridgehead atoms. The van der Waals surface area contributed by atoms with Crippen molar-refractivity contribution in [3.05, 3.63) is 53.6 Å². The molecular weight excluding hydrogens is 258 g/mol. The Morgan fingerprint density at radius 2 is 1.95 bits per heavy atom. The number of ether oxygens (including phenoxy) is 1. The molecule has 0 fully saturated rings. The van der Waals surface area contributed by atoms with Crippen LogP contribution in [0.25, 0.3) is 11.1 Å². The lowest BCUT2D eigenvalue weighted by atomic mass is 9.99. The lowest BCUT2D eigenvalue weighted by Gasteiger charge is -2.10. The molecule has 2 heteroatoms. The fourth-order valence-corrected chi connectivity index (χ4v) is 2.78. The molecule has 0 saturated heterocycles. The van der Waals surface area contributed by atoms with Crippen molar-refractivity contribution in [1.82, 2.24) is 5.32 Å². The van der Waals surface area contributed by atoms with Gasteiger partial charge in [0.25, 0.3) is 0 Å². The van der Waals surface area contributed by atoms with E-state index in [1.54, 1.807) is 0 Å². The smallest absolute Gasteiger partial charge is 0.123 e. The van der Waals surface area contributed by atoms with Gasteiger partial charge in [-0.2, -0.15) is 0 Å². The molecule has 1 heterocycles. The van der Waals surface area contributed by atoms with Crippen molar-refractivity contribution in [2.75, 3.05) is 0 Å². The average Bonchev–Trinajstić information content (AvgIpc) is 2.84. The largest absolute Gasteiger partial charge is 0.490 e. The van der Waals surface area contributed by atoms with Crippen LogP contribution in [0.1, 0.15) is 31.9 Å². The highest BCUT2D eigenvalue weighted by Gasteiger charge is 2.19. The Balaban J connectivity index is 1.84. The zero-order chi connectivity index (χ0) is 14.8. The molecule has 2 aromatic rings. The molecule has 2 nitrogen and oxygen atoms in total. The Kier molecular flexibility index (Phi) is 3.98. The maximum Gasteiger partial charge on any atom is 0.123 e. The zero-order valence-electron chi connectivity index (χ0n) is 13.0. The Bertz CT molecular complexity index is 633. The van der Waals surface area contributed by atoms with Crippen LogP contribution < -0.4 is 10.1 Å². The van der Waals surface area contributed by atoms with Crippen molar-refractivity contribution in [3.8, 4) is 16.9 Å². The molecule has 21 heavy (non-hydrogen) atoms. The highest BCUT2D eigenvalue weighted by atomic mass is 16.5. The maximum absolute atomic E-state index is 5.78. The molecule has 0 aliphatic carbocycles. The van der Waals surface area contributed by atoms with Gasteiger partial charge in [0.1, 0.15) is 11.9 Å². The summed E-state index contributed by atoms with van der Waals surface area (Å²) in [5.41, 5.74) is 5.20. The standard InChI is InChI=1S/C19H23NO/c1-13(2)20-12-15-5-4-6-16(10-15)17-7-8-19-18(11-17)9-14(3)21-19/h4-8,10-11,13-14,20H,9,12H2,1-3H3. The Hall–Kier alpha value is -1.80. The maximum atomic E-state index is 5.78. The van der Waals surface area contributed by atoms with E-state index in [1.807, 2.05) is 0 Å². The summed E-state index contributed by atoms with van der Waals surface area (Å²) in [6.45, 7) is 7.38. The third kappa shape index (κ3) is 3.27. The second-order valence-electron chi connectivity index (χ2n) is 6.19. The van der Waals surface area contributed by atoms with Gasteiger partial charge < -0.3 is 10.1 Å². The van der Waals surface area contributed by atoms with Crippen LogP contribution in [0.2, 0.25) is 0 Å². The van der Waals surface area contributed by atoms with E-state index in [0.29, 0.717) is 12.1 Å². The number of benzene rings is 2. The van der Waals surface area contributed by atoms with Gasteiger partial charge in [0, 0.05) is 19.0 Å². The Morgan fingerprint density at radius 3 is 2.76 bits per heavy atom. The molecule has 1 aliphatic heterocycles. The van der Waals surface area contributed by atoms with Gasteiger partial charge in [-0.1, -0.05) is 38.1 Å². The summed E-state index contributed by atoms with van der Waals surface area (Å²) in [6.07, 6.45) is 1.31. The second-order valence-corrected chi connectivity index (χ2v) is 6.19. The van der Waals surface area contributed by atoms with Gasteiger partial charge in [-0.15, -0.1) is 0 Å². The van der Waals surface area contributed by atoms with Crippen LogP contribution in [-0.2, 0) is 13.0 Å². The monoisotopic (exact) mass is 281 g/mol. The highest BCUT2D eigenvalue weighted by Crippen LogP contribution is 2.33. The molecule has 1 unspecified atom stereocenters. The molecule has 2 aromatic carbocycles. The normalized spacial score (nSPS) is 16.9. The molecule has 110 valence electrons. The lowest BCUT2D eigenvalue weighted by molar-refractivity contribution is 0.254. The van der Waals surface area contributed by atoms with Gasteiger partial charge >= 0.3 is 0 Å². The van der Waals surface area contributed by atoms with Gasteiger partial charge in [-0.05, 0) is 47.4 Å². The number of rotatable bonds is 4. The van der Waals surface area contributed by atoms with Crippen molar-refractivity contribution < 1.29 is 4.74 Å². The van der Waals surface area contributed by atoms with Crippen LogP contribution in [-0.4, -0.2) is 12.1 Å². The van der Waals surface area contributed by atoms with E-state index in [0.717, 1.165) is 18.7 Å². The minimum atomic E-state index is 0.303. The number of hydrogen-bond donors (Lipinski definition) is 1. The van der Waals surface area contributed by atoms with Crippen molar-refractivity contribution in [1.29, 1.82) is 0 Å². The van der Waals surface area contributed by atoms with E-state index in [-0.39, 0.29) is 0 Å². The third-order valence-electron chi connectivity index (χ3n) is 3.87. The summed E-state index contributed by atoms with van der Waals surface area (Å²) in [5, 5.41) is 3.47. The summed E-state index contributed by atoms with van der Waals surface area (Å²) in [7, 11) is 0. The molecule has 1 N–H and O–H groups in total. The lowest BCUT2D eigenvalue weighted by Crippen LogP contribution is -2.21. The zero-order valence-corrected chi connectivity index (χ0v) is 13.0. The van der Waals surface area contributed by atoms with E-state index < -0.39 is 0 Å². The average molecular weight is 281 g/mol. The molecular formula is C19H23NO. The minimum Gasteiger partial charge on any atom is -0.490 e. The van der Waals surface area contributed by atoms with Gasteiger partial charge in [0.05, 0.1) is 0 Å². The van der Waals surface area contributed by atoms with Crippen LogP contribution in [0.3, 0.4) is 0 Å². The van der Waals surface area contributed by atoms with Gasteiger partial charge in [-0.3, -0.25) is 0 Å². The number of nitrogens with one attached hydrogen (secondary N) is 1. The first-order valence-corrected chi connectivity index (χ1v) is 7.74.